The van der Waals surface area contributed by atoms with Crippen LogP contribution >= 0.6 is 0 Å². The molecule has 0 spiro atoms. The highest BCUT2D eigenvalue weighted by atomic mass is 16.4. The average molecular weight is 332 g/mol. The van der Waals surface area contributed by atoms with Crippen molar-refractivity contribution < 1.29 is 23.9 Å². The summed E-state index contributed by atoms with van der Waals surface area (Å²) in [4.78, 5) is 39.6. The molecule has 1 fully saturated rings. The molecule has 7 nitrogen and oxygen atoms in total. The molecule has 7 heteroatoms. The first-order chi connectivity index (χ1) is 11.6. The zero-order valence-corrected chi connectivity index (χ0v) is 13.3. The molecule has 24 heavy (non-hydrogen) atoms. The van der Waals surface area contributed by atoms with Gasteiger partial charge in [-0.15, -0.1) is 0 Å². The molecule has 2 amide bonds. The highest BCUT2D eigenvalue weighted by Crippen LogP contribution is 2.28. The predicted molar refractivity (Wildman–Crippen MR) is 84.2 cm³/mol. The van der Waals surface area contributed by atoms with E-state index in [1.165, 1.54) is 6.26 Å². The first kappa shape index (κ1) is 16.3. The molecular weight excluding hydrogens is 312 g/mol. The SMILES string of the molecule is O=C(O)[C@@H]1CC=CC[C@@H]1C(=O)N1CCN(C(=O)c2ccco2)CC1. The molecule has 0 saturated carbocycles. The zero-order chi connectivity index (χ0) is 17.1. The Labute approximate surface area is 139 Å². The summed E-state index contributed by atoms with van der Waals surface area (Å²) < 4.78 is 5.11. The molecule has 1 aliphatic carbocycles. The Morgan fingerprint density at radius 2 is 1.62 bits per heavy atom. The number of furan rings is 1. The van der Waals surface area contributed by atoms with Crippen LogP contribution in [-0.4, -0.2) is 58.9 Å². The Morgan fingerprint density at radius 3 is 2.21 bits per heavy atom. The third kappa shape index (κ3) is 3.20. The van der Waals surface area contributed by atoms with Gasteiger partial charge in [0.25, 0.3) is 5.91 Å². The Hall–Kier alpha value is -2.57. The van der Waals surface area contributed by atoms with Crippen molar-refractivity contribution in [2.75, 3.05) is 26.2 Å². The van der Waals surface area contributed by atoms with Crippen LogP contribution in [0.15, 0.2) is 35.0 Å². The molecule has 1 aliphatic heterocycles. The summed E-state index contributed by atoms with van der Waals surface area (Å²) in [5.74, 6) is -2.12. The maximum absolute atomic E-state index is 12.7. The van der Waals surface area contributed by atoms with E-state index in [1.54, 1.807) is 21.9 Å². The van der Waals surface area contributed by atoms with E-state index in [9.17, 15) is 19.5 Å². The Balaban J connectivity index is 1.60. The lowest BCUT2D eigenvalue weighted by Gasteiger charge is -2.37. The number of amides is 2. The van der Waals surface area contributed by atoms with Gasteiger partial charge >= 0.3 is 5.97 Å². The van der Waals surface area contributed by atoms with Gasteiger partial charge in [0.15, 0.2) is 5.76 Å². The minimum absolute atomic E-state index is 0.128. The van der Waals surface area contributed by atoms with E-state index < -0.39 is 17.8 Å². The van der Waals surface area contributed by atoms with Crippen molar-refractivity contribution in [1.82, 2.24) is 9.80 Å². The van der Waals surface area contributed by atoms with Gasteiger partial charge in [-0.3, -0.25) is 14.4 Å². The first-order valence-corrected chi connectivity index (χ1v) is 8.07. The molecule has 0 aromatic carbocycles. The summed E-state index contributed by atoms with van der Waals surface area (Å²) in [6.07, 6.45) is 6.00. The molecule has 1 aromatic heterocycles. The predicted octanol–water partition coefficient (Wildman–Crippen LogP) is 1.23. The number of hydrogen-bond donors (Lipinski definition) is 1. The third-order valence-electron chi connectivity index (χ3n) is 4.68. The lowest BCUT2D eigenvalue weighted by molar-refractivity contribution is -0.151. The van der Waals surface area contributed by atoms with Gasteiger partial charge in [-0.1, -0.05) is 12.2 Å². The van der Waals surface area contributed by atoms with E-state index in [0.29, 0.717) is 39.0 Å². The lowest BCUT2D eigenvalue weighted by Crippen LogP contribution is -2.53. The van der Waals surface area contributed by atoms with E-state index in [1.807, 2.05) is 12.2 Å². The van der Waals surface area contributed by atoms with Crippen molar-refractivity contribution in [2.24, 2.45) is 11.8 Å². The summed E-state index contributed by atoms with van der Waals surface area (Å²) in [5.41, 5.74) is 0. The van der Waals surface area contributed by atoms with E-state index in [-0.39, 0.29) is 17.6 Å². The van der Waals surface area contributed by atoms with Crippen molar-refractivity contribution >= 4 is 17.8 Å². The molecule has 0 unspecified atom stereocenters. The van der Waals surface area contributed by atoms with Crippen molar-refractivity contribution in [3.63, 3.8) is 0 Å². The van der Waals surface area contributed by atoms with Crippen molar-refractivity contribution in [3.05, 3.63) is 36.3 Å². The number of carboxylic acids is 1. The Bertz CT molecular complexity index is 644. The largest absolute Gasteiger partial charge is 0.481 e. The first-order valence-electron chi connectivity index (χ1n) is 8.07. The quantitative estimate of drug-likeness (QED) is 0.841. The van der Waals surface area contributed by atoms with Gasteiger partial charge in [0, 0.05) is 26.2 Å². The Kier molecular flexibility index (Phi) is 4.69. The molecule has 1 saturated heterocycles. The summed E-state index contributed by atoms with van der Waals surface area (Å²) >= 11 is 0. The van der Waals surface area contributed by atoms with Crippen molar-refractivity contribution in [2.45, 2.75) is 12.8 Å². The van der Waals surface area contributed by atoms with Gasteiger partial charge in [0.2, 0.25) is 5.91 Å². The number of rotatable bonds is 3. The standard InChI is InChI=1S/C17H20N2O5/c20-15(12-4-1-2-5-13(12)17(22)23)18-7-9-19(10-8-18)16(21)14-6-3-11-24-14/h1-3,6,11-13H,4-5,7-10H2,(H,22,23)/t12-,13+/m0/s1. The minimum Gasteiger partial charge on any atom is -0.481 e. The molecule has 2 atom stereocenters. The van der Waals surface area contributed by atoms with Crippen LogP contribution < -0.4 is 0 Å². The number of nitrogens with zero attached hydrogens (tertiary/aromatic N) is 2. The van der Waals surface area contributed by atoms with Crippen molar-refractivity contribution in [3.8, 4) is 0 Å². The van der Waals surface area contributed by atoms with Crippen LogP contribution in [0.2, 0.25) is 0 Å². The molecule has 1 aromatic rings. The van der Waals surface area contributed by atoms with Gasteiger partial charge in [0.05, 0.1) is 18.1 Å². The van der Waals surface area contributed by atoms with Gasteiger partial charge in [-0.2, -0.15) is 0 Å². The van der Waals surface area contributed by atoms with E-state index in [2.05, 4.69) is 0 Å². The second kappa shape index (κ2) is 6.90. The number of allylic oxidation sites excluding steroid dienone is 2. The monoisotopic (exact) mass is 332 g/mol. The summed E-state index contributed by atoms with van der Waals surface area (Å²) in [6, 6.07) is 3.28. The second-order valence-corrected chi connectivity index (χ2v) is 6.09. The highest BCUT2D eigenvalue weighted by molar-refractivity contribution is 5.91. The third-order valence-corrected chi connectivity index (χ3v) is 4.68. The van der Waals surface area contributed by atoms with Crippen LogP contribution in [-0.2, 0) is 9.59 Å². The number of aliphatic carboxylic acids is 1. The topological polar surface area (TPSA) is 91.1 Å². The number of piperazine rings is 1. The molecule has 1 N–H and O–H groups in total. The maximum atomic E-state index is 12.7. The molecule has 0 radical (unpaired) electrons. The fraction of sp³-hybridized carbons (Fsp3) is 0.471. The van der Waals surface area contributed by atoms with Crippen LogP contribution in [0.5, 0.6) is 0 Å². The van der Waals surface area contributed by atoms with Crippen LogP contribution in [0.4, 0.5) is 0 Å². The van der Waals surface area contributed by atoms with Crippen LogP contribution in [0, 0.1) is 11.8 Å². The van der Waals surface area contributed by atoms with E-state index >= 15 is 0 Å². The van der Waals surface area contributed by atoms with Gasteiger partial charge < -0.3 is 19.3 Å². The molecule has 2 heterocycles. The minimum atomic E-state index is -0.927. The average Bonchev–Trinajstić information content (AvgIpc) is 3.15. The van der Waals surface area contributed by atoms with Crippen LogP contribution in [0.3, 0.4) is 0 Å². The van der Waals surface area contributed by atoms with Crippen molar-refractivity contribution in [1.29, 1.82) is 0 Å². The van der Waals surface area contributed by atoms with E-state index in [0.717, 1.165) is 0 Å². The number of carbonyl (C=O) groups excluding carboxylic acids is 2. The summed E-state index contributed by atoms with van der Waals surface area (Å²) in [6.45, 7) is 1.67. The molecule has 128 valence electrons. The fourth-order valence-corrected chi connectivity index (χ4v) is 3.28. The zero-order valence-electron chi connectivity index (χ0n) is 13.3. The van der Waals surface area contributed by atoms with Crippen LogP contribution in [0.1, 0.15) is 23.4 Å². The van der Waals surface area contributed by atoms with E-state index in [4.69, 9.17) is 4.42 Å². The molecular formula is C17H20N2O5. The number of carboxylic acid groups (broad SMARTS) is 1. The normalized spacial score (nSPS) is 24.0. The molecule has 0 bridgehead atoms. The van der Waals surface area contributed by atoms with Gasteiger partial charge in [-0.25, -0.2) is 0 Å². The maximum Gasteiger partial charge on any atom is 0.307 e. The Morgan fingerprint density at radius 1 is 1.00 bits per heavy atom. The summed E-state index contributed by atoms with van der Waals surface area (Å²) in [7, 11) is 0. The second-order valence-electron chi connectivity index (χ2n) is 6.09. The molecule has 3 rings (SSSR count). The number of carbonyl (C=O) groups is 3. The lowest BCUT2D eigenvalue weighted by atomic mass is 9.82. The summed E-state index contributed by atoms with van der Waals surface area (Å²) in [5, 5.41) is 9.31. The smallest absolute Gasteiger partial charge is 0.307 e. The van der Waals surface area contributed by atoms with Gasteiger partial charge in [0.1, 0.15) is 0 Å². The fourth-order valence-electron chi connectivity index (χ4n) is 3.28. The van der Waals surface area contributed by atoms with Crippen LogP contribution in [0.25, 0.3) is 0 Å². The highest BCUT2D eigenvalue weighted by Gasteiger charge is 2.37. The van der Waals surface area contributed by atoms with Gasteiger partial charge in [-0.05, 0) is 25.0 Å². The molecule has 2 aliphatic rings. The number of hydrogen-bond acceptors (Lipinski definition) is 4.